The number of rotatable bonds is 4. The molecule has 100 valence electrons. The molecule has 0 spiro atoms. The predicted molar refractivity (Wildman–Crippen MR) is 68.3 cm³/mol. The van der Waals surface area contributed by atoms with Crippen molar-refractivity contribution in [1.29, 1.82) is 0 Å². The van der Waals surface area contributed by atoms with Crippen LogP contribution in [0.4, 0.5) is 4.39 Å². The van der Waals surface area contributed by atoms with Gasteiger partial charge in [-0.3, -0.25) is 0 Å². The van der Waals surface area contributed by atoms with Crippen molar-refractivity contribution in [2.75, 3.05) is 27.4 Å². The molecule has 0 radical (unpaired) electrons. The third-order valence-electron chi connectivity index (χ3n) is 3.52. The summed E-state index contributed by atoms with van der Waals surface area (Å²) in [6.45, 7) is 1.48. The van der Waals surface area contributed by atoms with Gasteiger partial charge in [-0.05, 0) is 32.0 Å². The fraction of sp³-hybridized carbons (Fsp3) is 0.571. The molecule has 1 aliphatic rings. The van der Waals surface area contributed by atoms with Gasteiger partial charge in [0.1, 0.15) is 11.6 Å². The molecule has 18 heavy (non-hydrogen) atoms. The van der Waals surface area contributed by atoms with Crippen molar-refractivity contribution in [2.45, 2.75) is 18.9 Å². The highest BCUT2D eigenvalue weighted by molar-refractivity contribution is 5.37. The summed E-state index contributed by atoms with van der Waals surface area (Å²) in [7, 11) is 3.42. The van der Waals surface area contributed by atoms with E-state index in [9.17, 15) is 4.39 Å². The first-order valence-electron chi connectivity index (χ1n) is 6.35. The van der Waals surface area contributed by atoms with E-state index in [1.54, 1.807) is 19.2 Å². The Bertz CT molecular complexity index is 391. The summed E-state index contributed by atoms with van der Waals surface area (Å²) in [5, 5.41) is 3.20. The molecule has 3 nitrogen and oxygen atoms in total. The van der Waals surface area contributed by atoms with Crippen molar-refractivity contribution >= 4 is 0 Å². The molecule has 1 aliphatic heterocycles. The Hall–Kier alpha value is -1.13. The molecule has 2 atom stereocenters. The quantitative estimate of drug-likeness (QED) is 0.894. The van der Waals surface area contributed by atoms with E-state index in [0.717, 1.165) is 19.4 Å². The third kappa shape index (κ3) is 2.65. The zero-order chi connectivity index (χ0) is 13.0. The zero-order valence-electron chi connectivity index (χ0n) is 10.9. The van der Waals surface area contributed by atoms with E-state index < -0.39 is 0 Å². The summed E-state index contributed by atoms with van der Waals surface area (Å²) < 4.78 is 24.8. The summed E-state index contributed by atoms with van der Waals surface area (Å²) in [4.78, 5) is 0. The number of benzene rings is 1. The summed E-state index contributed by atoms with van der Waals surface area (Å²) in [5.41, 5.74) is 0.609. The van der Waals surface area contributed by atoms with Crippen LogP contribution >= 0.6 is 0 Å². The van der Waals surface area contributed by atoms with Crippen LogP contribution in [-0.4, -0.2) is 27.4 Å². The summed E-state index contributed by atoms with van der Waals surface area (Å²) in [5.74, 6) is 0.661. The normalized spacial score (nSPS) is 21.6. The van der Waals surface area contributed by atoms with Gasteiger partial charge in [0.2, 0.25) is 0 Å². The lowest BCUT2D eigenvalue weighted by molar-refractivity contribution is 0.0393. The minimum absolute atomic E-state index is 0.0681. The summed E-state index contributed by atoms with van der Waals surface area (Å²) >= 11 is 0. The first kappa shape index (κ1) is 13.3. The molecule has 1 heterocycles. The average molecular weight is 253 g/mol. The molecule has 1 fully saturated rings. The predicted octanol–water partition coefficient (Wildman–Crippen LogP) is 2.52. The number of hydrogen-bond acceptors (Lipinski definition) is 3. The van der Waals surface area contributed by atoms with Crippen molar-refractivity contribution in [2.24, 2.45) is 5.92 Å². The molecule has 4 heteroatoms. The lowest BCUT2D eigenvalue weighted by Gasteiger charge is -2.31. The fourth-order valence-corrected chi connectivity index (χ4v) is 2.64. The van der Waals surface area contributed by atoms with E-state index in [0.29, 0.717) is 17.9 Å². The van der Waals surface area contributed by atoms with Gasteiger partial charge in [0, 0.05) is 24.1 Å². The van der Waals surface area contributed by atoms with Crippen LogP contribution in [0.3, 0.4) is 0 Å². The number of methoxy groups -OCH3 is 1. The monoisotopic (exact) mass is 253 g/mol. The molecule has 0 saturated carbocycles. The van der Waals surface area contributed by atoms with Crippen LogP contribution < -0.4 is 10.1 Å². The van der Waals surface area contributed by atoms with Crippen molar-refractivity contribution in [3.05, 3.63) is 29.6 Å². The Morgan fingerprint density at radius 3 is 2.94 bits per heavy atom. The highest BCUT2D eigenvalue weighted by atomic mass is 19.1. The third-order valence-corrected chi connectivity index (χ3v) is 3.52. The first-order chi connectivity index (χ1) is 8.77. The minimum Gasteiger partial charge on any atom is -0.496 e. The topological polar surface area (TPSA) is 30.5 Å². The Morgan fingerprint density at radius 1 is 1.50 bits per heavy atom. The van der Waals surface area contributed by atoms with E-state index in [2.05, 4.69) is 5.32 Å². The number of ether oxygens (including phenoxy) is 2. The van der Waals surface area contributed by atoms with Crippen LogP contribution in [0.5, 0.6) is 5.75 Å². The average Bonchev–Trinajstić information content (AvgIpc) is 2.42. The molecule has 2 rings (SSSR count). The van der Waals surface area contributed by atoms with Gasteiger partial charge in [-0.15, -0.1) is 0 Å². The molecule has 2 unspecified atom stereocenters. The number of nitrogens with one attached hydrogen (secondary N) is 1. The first-order valence-corrected chi connectivity index (χ1v) is 6.35. The van der Waals surface area contributed by atoms with Crippen molar-refractivity contribution in [3.63, 3.8) is 0 Å². The van der Waals surface area contributed by atoms with Crippen LogP contribution in [0.2, 0.25) is 0 Å². The summed E-state index contributed by atoms with van der Waals surface area (Å²) in [6, 6.07) is 4.88. The van der Waals surface area contributed by atoms with Gasteiger partial charge in [-0.25, -0.2) is 4.39 Å². The molecule has 0 aliphatic carbocycles. The molecular weight excluding hydrogens is 233 g/mol. The fourth-order valence-electron chi connectivity index (χ4n) is 2.64. The van der Waals surface area contributed by atoms with Crippen molar-refractivity contribution < 1.29 is 13.9 Å². The molecule has 1 aromatic rings. The minimum atomic E-state index is -0.223. The highest BCUT2D eigenvalue weighted by Gasteiger charge is 2.28. The molecule has 1 aromatic carbocycles. The maximum Gasteiger partial charge on any atom is 0.131 e. The van der Waals surface area contributed by atoms with Crippen molar-refractivity contribution in [3.8, 4) is 5.75 Å². The second-order valence-electron chi connectivity index (χ2n) is 4.60. The molecule has 1 N–H and O–H groups in total. The van der Waals surface area contributed by atoms with Crippen LogP contribution in [0.1, 0.15) is 24.4 Å². The second kappa shape index (κ2) is 6.16. The van der Waals surface area contributed by atoms with Gasteiger partial charge in [-0.1, -0.05) is 6.07 Å². The highest BCUT2D eigenvalue weighted by Crippen LogP contribution is 2.35. The maximum absolute atomic E-state index is 14.1. The molecule has 0 amide bonds. The van der Waals surface area contributed by atoms with Gasteiger partial charge in [0.05, 0.1) is 13.7 Å². The Labute approximate surface area is 107 Å². The standard InChI is InChI=1S/C14H20FNO2/c1-16-14(10-5-4-8-18-9-10)13-11(15)6-3-7-12(13)17-2/h3,6-7,10,14,16H,4-5,8-9H2,1-2H3. The smallest absolute Gasteiger partial charge is 0.131 e. The van der Waals surface area contributed by atoms with E-state index in [-0.39, 0.29) is 17.8 Å². The van der Waals surface area contributed by atoms with Crippen LogP contribution in [-0.2, 0) is 4.74 Å². The second-order valence-corrected chi connectivity index (χ2v) is 4.60. The zero-order valence-corrected chi connectivity index (χ0v) is 10.9. The van der Waals surface area contributed by atoms with E-state index >= 15 is 0 Å². The Morgan fingerprint density at radius 2 is 2.33 bits per heavy atom. The van der Waals surface area contributed by atoms with Gasteiger partial charge < -0.3 is 14.8 Å². The van der Waals surface area contributed by atoms with E-state index in [4.69, 9.17) is 9.47 Å². The van der Waals surface area contributed by atoms with Gasteiger partial charge in [0.15, 0.2) is 0 Å². The van der Waals surface area contributed by atoms with Gasteiger partial charge in [0.25, 0.3) is 0 Å². The number of hydrogen-bond donors (Lipinski definition) is 1. The van der Waals surface area contributed by atoms with Crippen LogP contribution in [0.25, 0.3) is 0 Å². The Balaban J connectivity index is 2.31. The maximum atomic E-state index is 14.1. The van der Waals surface area contributed by atoms with E-state index in [1.165, 1.54) is 6.07 Å². The van der Waals surface area contributed by atoms with Crippen molar-refractivity contribution in [1.82, 2.24) is 5.32 Å². The van der Waals surface area contributed by atoms with Gasteiger partial charge in [-0.2, -0.15) is 0 Å². The van der Waals surface area contributed by atoms with Crippen LogP contribution in [0, 0.1) is 11.7 Å². The summed E-state index contributed by atoms with van der Waals surface area (Å²) in [6.07, 6.45) is 2.07. The SMILES string of the molecule is CNC(c1c(F)cccc1OC)C1CCCOC1. The van der Waals surface area contributed by atoms with E-state index in [1.807, 2.05) is 7.05 Å². The largest absolute Gasteiger partial charge is 0.496 e. The number of halogens is 1. The Kier molecular flexibility index (Phi) is 4.55. The van der Waals surface area contributed by atoms with Gasteiger partial charge >= 0.3 is 0 Å². The molecule has 0 bridgehead atoms. The molecule has 0 aromatic heterocycles. The lowest BCUT2D eigenvalue weighted by Crippen LogP contribution is -2.32. The molecular formula is C14H20FNO2. The molecule has 1 saturated heterocycles. The lowest BCUT2D eigenvalue weighted by atomic mass is 9.88. The van der Waals surface area contributed by atoms with Crippen LogP contribution in [0.15, 0.2) is 18.2 Å².